The zero-order valence-electron chi connectivity index (χ0n) is 12.7. The number of carbonyl (C=O) groups excluding carboxylic acids is 1. The summed E-state index contributed by atoms with van der Waals surface area (Å²) >= 11 is 1.37. The van der Waals surface area contributed by atoms with Gasteiger partial charge in [0.05, 0.1) is 12.4 Å². The van der Waals surface area contributed by atoms with Gasteiger partial charge in [0.2, 0.25) is 5.91 Å². The zero-order chi connectivity index (χ0) is 16.0. The molecule has 0 aromatic heterocycles. The van der Waals surface area contributed by atoms with Crippen molar-refractivity contribution in [3.63, 3.8) is 0 Å². The highest BCUT2D eigenvalue weighted by atomic mass is 32.2. The third kappa shape index (κ3) is 4.67. The van der Waals surface area contributed by atoms with Crippen LogP contribution in [0.3, 0.4) is 0 Å². The lowest BCUT2D eigenvalue weighted by Crippen LogP contribution is -2.53. The number of ether oxygens (including phenoxy) is 1. The molecule has 0 saturated heterocycles. The molecule has 1 rings (SSSR count). The van der Waals surface area contributed by atoms with Gasteiger partial charge in [-0.1, -0.05) is 6.92 Å². The fourth-order valence-corrected chi connectivity index (χ4v) is 2.45. The van der Waals surface area contributed by atoms with Crippen LogP contribution in [0.5, 0.6) is 5.75 Å². The number of rotatable bonds is 7. The Balaban J connectivity index is 2.67. The number of hydrogen-bond acceptors (Lipinski definition) is 4. The average Bonchev–Trinajstić information content (AvgIpc) is 2.47. The quantitative estimate of drug-likeness (QED) is 0.757. The van der Waals surface area contributed by atoms with Crippen molar-refractivity contribution in [1.82, 2.24) is 5.32 Å². The van der Waals surface area contributed by atoms with Crippen molar-refractivity contribution in [2.24, 2.45) is 0 Å². The van der Waals surface area contributed by atoms with Gasteiger partial charge < -0.3 is 15.2 Å². The Bertz CT molecular complexity index is 503. The van der Waals surface area contributed by atoms with Crippen molar-refractivity contribution in [3.8, 4) is 5.75 Å². The van der Waals surface area contributed by atoms with Gasteiger partial charge in [0, 0.05) is 4.90 Å². The van der Waals surface area contributed by atoms with Gasteiger partial charge in [-0.05, 0) is 44.5 Å². The van der Waals surface area contributed by atoms with Gasteiger partial charge in [0.15, 0.2) is 0 Å². The molecule has 0 spiro atoms. The van der Waals surface area contributed by atoms with E-state index in [0.29, 0.717) is 6.42 Å². The molecule has 1 aromatic carbocycles. The van der Waals surface area contributed by atoms with Crippen LogP contribution in [-0.4, -0.2) is 34.9 Å². The molecule has 0 aliphatic carbocycles. The molecular weight excluding hydrogens is 290 g/mol. The molecule has 6 heteroatoms. The topological polar surface area (TPSA) is 75.6 Å². The Morgan fingerprint density at radius 1 is 1.38 bits per heavy atom. The number of benzene rings is 1. The molecule has 2 atom stereocenters. The maximum absolute atomic E-state index is 12.1. The van der Waals surface area contributed by atoms with E-state index in [0.717, 1.165) is 10.6 Å². The van der Waals surface area contributed by atoms with Gasteiger partial charge in [-0.3, -0.25) is 4.79 Å². The van der Waals surface area contributed by atoms with E-state index in [2.05, 4.69) is 5.32 Å². The molecule has 5 nitrogen and oxygen atoms in total. The summed E-state index contributed by atoms with van der Waals surface area (Å²) in [6.45, 7) is 5.00. The first-order valence-electron chi connectivity index (χ1n) is 6.68. The molecule has 1 amide bonds. The van der Waals surface area contributed by atoms with Crippen LogP contribution in [0.1, 0.15) is 27.2 Å². The van der Waals surface area contributed by atoms with Gasteiger partial charge in [0.1, 0.15) is 11.3 Å². The summed E-state index contributed by atoms with van der Waals surface area (Å²) in [5.41, 5.74) is -1.23. The predicted molar refractivity (Wildman–Crippen MR) is 82.8 cm³/mol. The minimum atomic E-state index is -1.23. The number of carbonyl (C=O) groups is 2. The predicted octanol–water partition coefficient (Wildman–Crippen LogP) is 2.55. The Hall–Kier alpha value is -1.69. The molecule has 0 unspecified atom stereocenters. The Kier molecular flexibility index (Phi) is 6.08. The number of carboxylic acids is 1. The molecule has 1 aromatic rings. The number of hydrogen-bond donors (Lipinski definition) is 2. The minimum Gasteiger partial charge on any atom is -0.497 e. The second-order valence-electron chi connectivity index (χ2n) is 4.92. The lowest BCUT2D eigenvalue weighted by atomic mass is 9.99. The fraction of sp³-hybridized carbons (Fsp3) is 0.467. The molecule has 0 aliphatic heterocycles. The van der Waals surface area contributed by atoms with Crippen LogP contribution >= 0.6 is 11.8 Å². The summed E-state index contributed by atoms with van der Waals surface area (Å²) in [6, 6.07) is 7.37. The summed E-state index contributed by atoms with van der Waals surface area (Å²) in [6.07, 6.45) is 0.327. The van der Waals surface area contributed by atoms with Crippen LogP contribution in [0, 0.1) is 0 Å². The highest BCUT2D eigenvalue weighted by Gasteiger charge is 2.34. The number of carboxylic acid groups (broad SMARTS) is 1. The number of methoxy groups -OCH3 is 1. The number of thioether (sulfide) groups is 1. The monoisotopic (exact) mass is 311 g/mol. The van der Waals surface area contributed by atoms with E-state index in [1.54, 1.807) is 21.0 Å². The normalized spacial score (nSPS) is 14.9. The van der Waals surface area contributed by atoms with Crippen LogP contribution in [0.15, 0.2) is 29.2 Å². The lowest BCUT2D eigenvalue weighted by Gasteiger charge is -2.26. The van der Waals surface area contributed by atoms with Gasteiger partial charge in [-0.15, -0.1) is 11.8 Å². The second kappa shape index (κ2) is 7.36. The van der Waals surface area contributed by atoms with E-state index in [9.17, 15) is 14.7 Å². The highest BCUT2D eigenvalue weighted by molar-refractivity contribution is 8.00. The van der Waals surface area contributed by atoms with E-state index in [1.165, 1.54) is 18.7 Å². The molecule has 0 radical (unpaired) electrons. The number of amides is 1. The van der Waals surface area contributed by atoms with Crippen molar-refractivity contribution in [2.75, 3.05) is 7.11 Å². The first kappa shape index (κ1) is 17.4. The fourth-order valence-electron chi connectivity index (χ4n) is 1.58. The summed E-state index contributed by atoms with van der Waals surface area (Å²) < 4.78 is 5.07. The van der Waals surface area contributed by atoms with Crippen molar-refractivity contribution in [1.29, 1.82) is 0 Å². The molecular formula is C15H21NO4S. The third-order valence-electron chi connectivity index (χ3n) is 3.32. The highest BCUT2D eigenvalue weighted by Crippen LogP contribution is 2.26. The number of aliphatic carboxylic acids is 1. The molecule has 0 saturated carbocycles. The summed E-state index contributed by atoms with van der Waals surface area (Å²) in [5.74, 6) is -0.566. The van der Waals surface area contributed by atoms with Gasteiger partial charge in [0.25, 0.3) is 0 Å². The van der Waals surface area contributed by atoms with E-state index < -0.39 is 11.5 Å². The van der Waals surface area contributed by atoms with Gasteiger partial charge in [-0.25, -0.2) is 4.79 Å². The van der Waals surface area contributed by atoms with Crippen molar-refractivity contribution in [2.45, 2.75) is 42.9 Å². The van der Waals surface area contributed by atoms with Crippen LogP contribution in [-0.2, 0) is 9.59 Å². The summed E-state index contributed by atoms with van der Waals surface area (Å²) in [7, 11) is 1.59. The molecule has 21 heavy (non-hydrogen) atoms. The Morgan fingerprint density at radius 2 is 1.95 bits per heavy atom. The van der Waals surface area contributed by atoms with E-state index in [-0.39, 0.29) is 11.2 Å². The van der Waals surface area contributed by atoms with E-state index >= 15 is 0 Å². The van der Waals surface area contributed by atoms with Crippen LogP contribution < -0.4 is 10.1 Å². The smallest absolute Gasteiger partial charge is 0.329 e. The molecule has 116 valence electrons. The average molecular weight is 311 g/mol. The first-order valence-corrected chi connectivity index (χ1v) is 7.56. The summed E-state index contributed by atoms with van der Waals surface area (Å²) in [5, 5.41) is 11.4. The van der Waals surface area contributed by atoms with E-state index in [4.69, 9.17) is 4.74 Å². The third-order valence-corrected chi connectivity index (χ3v) is 4.43. The van der Waals surface area contributed by atoms with Crippen LogP contribution in [0.2, 0.25) is 0 Å². The minimum absolute atomic E-state index is 0.289. The molecule has 0 bridgehead atoms. The van der Waals surface area contributed by atoms with Crippen LogP contribution in [0.25, 0.3) is 0 Å². The molecule has 2 N–H and O–H groups in total. The van der Waals surface area contributed by atoms with Gasteiger partial charge >= 0.3 is 5.97 Å². The molecule has 0 heterocycles. The maximum Gasteiger partial charge on any atom is 0.329 e. The lowest BCUT2D eigenvalue weighted by molar-refractivity contribution is -0.146. The molecule has 0 aliphatic rings. The van der Waals surface area contributed by atoms with Crippen molar-refractivity contribution in [3.05, 3.63) is 24.3 Å². The summed E-state index contributed by atoms with van der Waals surface area (Å²) in [4.78, 5) is 24.3. The van der Waals surface area contributed by atoms with Gasteiger partial charge in [-0.2, -0.15) is 0 Å². The van der Waals surface area contributed by atoms with E-state index in [1.807, 2.05) is 24.3 Å². The zero-order valence-corrected chi connectivity index (χ0v) is 13.5. The standard InChI is InChI=1S/C15H21NO4S/c1-5-15(3,14(18)19)16-13(17)10(2)21-12-8-6-11(20-4)7-9-12/h6-10H,5H2,1-4H3,(H,16,17)(H,18,19)/t10-,15-/m0/s1. The molecule has 0 fully saturated rings. The Labute approximate surface area is 129 Å². The van der Waals surface area contributed by atoms with Crippen molar-refractivity contribution >= 4 is 23.6 Å². The van der Waals surface area contributed by atoms with Crippen LogP contribution in [0.4, 0.5) is 0 Å². The Morgan fingerprint density at radius 3 is 2.38 bits per heavy atom. The maximum atomic E-state index is 12.1. The second-order valence-corrected chi connectivity index (χ2v) is 6.33. The largest absolute Gasteiger partial charge is 0.497 e. The van der Waals surface area contributed by atoms with Crippen molar-refractivity contribution < 1.29 is 19.4 Å². The first-order chi connectivity index (χ1) is 9.82. The number of nitrogens with one attached hydrogen (secondary N) is 1. The SMILES string of the molecule is CC[C@](C)(NC(=O)[C@H](C)Sc1ccc(OC)cc1)C(=O)O.